The maximum Gasteiger partial charge on any atom is 0.320 e. The maximum absolute atomic E-state index is 13.5. The van der Waals surface area contributed by atoms with E-state index in [1.165, 1.54) is 6.07 Å². The summed E-state index contributed by atoms with van der Waals surface area (Å²) in [4.78, 5) is 10.0. The van der Waals surface area contributed by atoms with Crippen molar-refractivity contribution >= 4 is 39.2 Å². The van der Waals surface area contributed by atoms with Crippen molar-refractivity contribution in [3.8, 4) is 5.75 Å². The summed E-state index contributed by atoms with van der Waals surface area (Å²) >= 11 is 1.60. The number of benzene rings is 1. The number of nitro benzene ring substituents is 1. The van der Waals surface area contributed by atoms with Gasteiger partial charge in [-0.25, -0.2) is 13.2 Å². The van der Waals surface area contributed by atoms with Gasteiger partial charge in [-0.15, -0.1) is 0 Å². The van der Waals surface area contributed by atoms with Gasteiger partial charge >= 0.3 is 5.69 Å². The molecule has 0 spiro atoms. The zero-order valence-electron chi connectivity index (χ0n) is 9.06. The lowest BCUT2D eigenvalue weighted by molar-refractivity contribution is -0.384. The van der Waals surface area contributed by atoms with Gasteiger partial charge in [0.25, 0.3) is 6.43 Å². The molecule has 1 heterocycles. The maximum atomic E-state index is 13.5. The molecule has 2 aromatic rings. The van der Waals surface area contributed by atoms with Gasteiger partial charge in [0.2, 0.25) is 6.30 Å². The summed E-state index contributed by atoms with van der Waals surface area (Å²) < 4.78 is 39.1. The molecular formula is C10H6F3IN2O3. The molecule has 1 aromatic heterocycles. The van der Waals surface area contributed by atoms with Crippen LogP contribution in [0.1, 0.15) is 6.30 Å². The van der Waals surface area contributed by atoms with Crippen molar-refractivity contribution in [3.63, 3.8) is 0 Å². The van der Waals surface area contributed by atoms with E-state index in [0.29, 0.717) is 4.57 Å². The first-order valence-corrected chi connectivity index (χ1v) is 6.01. The number of aromatic nitrogens is 1. The SMILES string of the molecule is O=[N+]([O-])c1c(O)ccc2c1cc(I)n2C(F)C(F)F. The molecule has 9 heteroatoms. The Labute approximate surface area is 117 Å². The Hall–Kier alpha value is -1.52. The fraction of sp³-hybridized carbons (Fsp3) is 0.200. The van der Waals surface area contributed by atoms with E-state index in [2.05, 4.69) is 0 Å². The highest BCUT2D eigenvalue weighted by atomic mass is 127. The average Bonchev–Trinajstić information content (AvgIpc) is 2.63. The molecular weight excluding hydrogens is 380 g/mol. The fourth-order valence-electron chi connectivity index (χ4n) is 1.80. The number of nitrogens with zero attached hydrogens (tertiary/aromatic N) is 2. The highest BCUT2D eigenvalue weighted by molar-refractivity contribution is 14.1. The molecule has 1 unspecified atom stereocenters. The molecule has 0 fully saturated rings. The van der Waals surface area contributed by atoms with Crippen LogP contribution in [-0.4, -0.2) is 21.0 Å². The molecule has 102 valence electrons. The van der Waals surface area contributed by atoms with Gasteiger partial charge in [-0.2, -0.15) is 0 Å². The van der Waals surface area contributed by atoms with E-state index in [-0.39, 0.29) is 14.6 Å². The molecule has 0 aliphatic heterocycles. The van der Waals surface area contributed by atoms with Gasteiger partial charge in [-0.1, -0.05) is 0 Å². The summed E-state index contributed by atoms with van der Waals surface area (Å²) in [5, 5.41) is 20.2. The topological polar surface area (TPSA) is 68.3 Å². The van der Waals surface area contributed by atoms with Crippen molar-refractivity contribution in [1.29, 1.82) is 0 Å². The van der Waals surface area contributed by atoms with Gasteiger partial charge in [-0.3, -0.25) is 14.7 Å². The molecule has 0 aliphatic rings. The van der Waals surface area contributed by atoms with Gasteiger partial charge in [-0.05, 0) is 40.8 Å². The summed E-state index contributed by atoms with van der Waals surface area (Å²) in [6, 6.07) is 3.32. The summed E-state index contributed by atoms with van der Waals surface area (Å²) in [6.07, 6.45) is -5.86. The van der Waals surface area contributed by atoms with Crippen LogP contribution in [0.4, 0.5) is 18.9 Å². The second-order valence-corrected chi connectivity index (χ2v) is 4.77. The fourth-order valence-corrected chi connectivity index (χ4v) is 2.63. The number of phenolic OH excluding ortho intramolecular Hbond substituents is 1. The number of halogens is 4. The number of alkyl halides is 3. The van der Waals surface area contributed by atoms with Crippen LogP contribution >= 0.6 is 22.6 Å². The van der Waals surface area contributed by atoms with Crippen LogP contribution in [0.2, 0.25) is 0 Å². The Kier molecular flexibility index (Phi) is 3.56. The summed E-state index contributed by atoms with van der Waals surface area (Å²) in [7, 11) is 0. The largest absolute Gasteiger partial charge is 0.502 e. The minimum Gasteiger partial charge on any atom is -0.502 e. The quantitative estimate of drug-likeness (QED) is 0.498. The zero-order valence-corrected chi connectivity index (χ0v) is 11.2. The average molecular weight is 386 g/mol. The molecule has 0 amide bonds. The molecule has 0 saturated heterocycles. The molecule has 0 radical (unpaired) electrons. The van der Waals surface area contributed by atoms with Crippen molar-refractivity contribution in [3.05, 3.63) is 32.0 Å². The second kappa shape index (κ2) is 4.87. The normalized spacial score (nSPS) is 13.1. The third kappa shape index (κ3) is 2.22. The van der Waals surface area contributed by atoms with E-state index >= 15 is 0 Å². The van der Waals surface area contributed by atoms with Crippen LogP contribution in [0.25, 0.3) is 10.9 Å². The first-order valence-electron chi connectivity index (χ1n) is 4.93. The summed E-state index contributed by atoms with van der Waals surface area (Å²) in [5.41, 5.74) is -0.697. The van der Waals surface area contributed by atoms with Crippen molar-refractivity contribution < 1.29 is 23.2 Å². The van der Waals surface area contributed by atoms with E-state index in [1.807, 2.05) is 0 Å². The van der Waals surface area contributed by atoms with Crippen LogP contribution in [0.5, 0.6) is 5.75 Å². The van der Waals surface area contributed by atoms with E-state index in [4.69, 9.17) is 0 Å². The van der Waals surface area contributed by atoms with E-state index < -0.39 is 29.1 Å². The molecule has 0 saturated carbocycles. The first-order chi connectivity index (χ1) is 8.84. The van der Waals surface area contributed by atoms with Crippen molar-refractivity contribution in [1.82, 2.24) is 4.57 Å². The Morgan fingerprint density at radius 1 is 1.37 bits per heavy atom. The lowest BCUT2D eigenvalue weighted by Crippen LogP contribution is -2.13. The van der Waals surface area contributed by atoms with Crippen LogP contribution in [0.15, 0.2) is 18.2 Å². The number of fused-ring (bicyclic) bond motifs is 1. The molecule has 1 N–H and O–H groups in total. The number of nitro groups is 1. The third-order valence-electron chi connectivity index (χ3n) is 2.56. The molecule has 5 nitrogen and oxygen atoms in total. The lowest BCUT2D eigenvalue weighted by Gasteiger charge is -2.12. The minimum atomic E-state index is -3.25. The van der Waals surface area contributed by atoms with Crippen LogP contribution in [0.3, 0.4) is 0 Å². The molecule has 0 aliphatic carbocycles. The van der Waals surface area contributed by atoms with Gasteiger partial charge in [0.05, 0.1) is 19.5 Å². The number of phenols is 1. The Balaban J connectivity index is 2.80. The van der Waals surface area contributed by atoms with Crippen molar-refractivity contribution in [2.75, 3.05) is 0 Å². The monoisotopic (exact) mass is 386 g/mol. The van der Waals surface area contributed by atoms with Crippen LogP contribution in [-0.2, 0) is 0 Å². The lowest BCUT2D eigenvalue weighted by atomic mass is 10.2. The van der Waals surface area contributed by atoms with Gasteiger partial charge < -0.3 is 5.11 Å². The molecule has 1 aromatic carbocycles. The van der Waals surface area contributed by atoms with Gasteiger partial charge in [0.15, 0.2) is 5.75 Å². The highest BCUT2D eigenvalue weighted by Gasteiger charge is 2.28. The Morgan fingerprint density at radius 2 is 2.00 bits per heavy atom. The van der Waals surface area contributed by atoms with Crippen LogP contribution < -0.4 is 0 Å². The number of rotatable bonds is 3. The number of aromatic hydroxyl groups is 1. The van der Waals surface area contributed by atoms with Crippen LogP contribution in [0, 0.1) is 13.8 Å². The Morgan fingerprint density at radius 3 is 2.53 bits per heavy atom. The number of hydrogen-bond acceptors (Lipinski definition) is 3. The van der Waals surface area contributed by atoms with E-state index in [9.17, 15) is 28.4 Å². The minimum absolute atomic E-state index is 0.0679. The van der Waals surface area contributed by atoms with Gasteiger partial charge in [0, 0.05) is 0 Å². The van der Waals surface area contributed by atoms with Crippen molar-refractivity contribution in [2.45, 2.75) is 12.7 Å². The van der Waals surface area contributed by atoms with Gasteiger partial charge in [0.1, 0.15) is 0 Å². The van der Waals surface area contributed by atoms with Crippen molar-refractivity contribution in [2.24, 2.45) is 0 Å². The summed E-state index contributed by atoms with van der Waals surface area (Å²) in [6.45, 7) is 0. The summed E-state index contributed by atoms with van der Waals surface area (Å²) in [5.74, 6) is -0.599. The third-order valence-corrected chi connectivity index (χ3v) is 3.39. The predicted molar refractivity (Wildman–Crippen MR) is 69.1 cm³/mol. The molecule has 1 atom stereocenters. The molecule has 0 bridgehead atoms. The smallest absolute Gasteiger partial charge is 0.320 e. The Bertz CT molecular complexity index is 659. The number of hydrogen-bond donors (Lipinski definition) is 1. The second-order valence-electron chi connectivity index (χ2n) is 3.67. The first kappa shape index (κ1) is 13.9. The highest BCUT2D eigenvalue weighted by Crippen LogP contribution is 2.38. The molecule has 19 heavy (non-hydrogen) atoms. The predicted octanol–water partition coefficient (Wildman–Crippen LogP) is 3.59. The standard InChI is InChI=1S/C10H6F3IN2O3/c11-9(12)10(13)15-5-1-2-6(17)8(16(18)19)4(5)3-7(15)14/h1-3,9-10,17H. The molecule has 2 rings (SSSR count). The van der Waals surface area contributed by atoms with E-state index in [1.54, 1.807) is 22.6 Å². The van der Waals surface area contributed by atoms with E-state index in [0.717, 1.165) is 12.1 Å². The zero-order chi connectivity index (χ0) is 14.3.